The molecule has 1 atom stereocenters. The van der Waals surface area contributed by atoms with Crippen molar-refractivity contribution >= 4 is 35.0 Å². The van der Waals surface area contributed by atoms with E-state index in [1.54, 1.807) is 19.1 Å². The highest BCUT2D eigenvalue weighted by molar-refractivity contribution is 7.99. The molecule has 100 valence electrons. The molecule has 0 aromatic heterocycles. The van der Waals surface area contributed by atoms with E-state index in [1.807, 2.05) is 6.07 Å². The van der Waals surface area contributed by atoms with E-state index in [0.29, 0.717) is 23.1 Å². The minimum atomic E-state index is -0.731. The molecule has 0 saturated carbocycles. The molecular weight excluding hydrogens is 274 g/mol. The quantitative estimate of drug-likeness (QED) is 0.478. The average molecular weight is 290 g/mol. The van der Waals surface area contributed by atoms with Gasteiger partial charge < -0.3 is 15.6 Å². The van der Waals surface area contributed by atoms with Gasteiger partial charge in [0.1, 0.15) is 0 Å². The fraction of sp³-hybridized carbons (Fsp3) is 0.417. The lowest BCUT2D eigenvalue weighted by atomic mass is 10.3. The number of carbonyl (C=O) groups is 1. The molecule has 0 spiro atoms. The number of esters is 1. The summed E-state index contributed by atoms with van der Waals surface area (Å²) in [7, 11) is 0. The molecule has 0 amide bonds. The van der Waals surface area contributed by atoms with Gasteiger partial charge in [-0.05, 0) is 25.1 Å². The number of thioether (sulfide) groups is 1. The molecule has 0 fully saturated rings. The number of aliphatic hydroxyl groups excluding tert-OH is 1. The summed E-state index contributed by atoms with van der Waals surface area (Å²) in [6.07, 6.45) is -0.728. The molecule has 0 heterocycles. The topological polar surface area (TPSA) is 72.5 Å². The number of carbonyl (C=O) groups excluding carboxylic acids is 1. The van der Waals surface area contributed by atoms with Gasteiger partial charge in [0.15, 0.2) is 0 Å². The molecule has 0 aliphatic rings. The largest absolute Gasteiger partial charge is 0.466 e. The number of rotatable bonds is 6. The Morgan fingerprint density at radius 2 is 2.33 bits per heavy atom. The first-order chi connectivity index (χ1) is 8.52. The molecule has 3 N–H and O–H groups in total. The van der Waals surface area contributed by atoms with Gasteiger partial charge in [0.05, 0.1) is 29.8 Å². The van der Waals surface area contributed by atoms with Gasteiger partial charge in [-0.3, -0.25) is 4.79 Å². The maximum Gasteiger partial charge on any atom is 0.308 e. The Bertz CT molecular complexity index is 414. The second kappa shape index (κ2) is 7.51. The molecule has 4 nitrogen and oxygen atoms in total. The van der Waals surface area contributed by atoms with E-state index in [-0.39, 0.29) is 12.4 Å². The molecule has 18 heavy (non-hydrogen) atoms. The Balaban J connectivity index is 2.40. The molecule has 1 unspecified atom stereocenters. The van der Waals surface area contributed by atoms with E-state index in [4.69, 9.17) is 22.1 Å². The van der Waals surface area contributed by atoms with Crippen molar-refractivity contribution in [2.45, 2.75) is 24.3 Å². The van der Waals surface area contributed by atoms with Crippen LogP contribution < -0.4 is 5.73 Å². The third kappa shape index (κ3) is 5.16. The number of hydrogen-bond donors (Lipinski definition) is 2. The number of hydrogen-bond acceptors (Lipinski definition) is 5. The van der Waals surface area contributed by atoms with Crippen LogP contribution in [0.2, 0.25) is 5.02 Å². The molecule has 1 aromatic carbocycles. The van der Waals surface area contributed by atoms with E-state index >= 15 is 0 Å². The van der Waals surface area contributed by atoms with Crippen LogP contribution in [0.5, 0.6) is 0 Å². The van der Waals surface area contributed by atoms with Crippen LogP contribution in [0.3, 0.4) is 0 Å². The Hall–Kier alpha value is -0.910. The maximum atomic E-state index is 11.1. The van der Waals surface area contributed by atoms with E-state index in [1.165, 1.54) is 11.8 Å². The molecule has 0 radical (unpaired) electrons. The lowest BCUT2D eigenvalue weighted by Gasteiger charge is -2.10. The second-order valence-corrected chi connectivity index (χ2v) is 5.16. The molecule has 1 rings (SSSR count). The van der Waals surface area contributed by atoms with E-state index in [0.717, 1.165) is 4.90 Å². The standard InChI is InChI=1S/C12H16ClNO3S/c1-2-17-12(16)5-8(15)7-18-9-3-4-11(14)10(13)6-9/h3-4,6,8,15H,2,5,7,14H2,1H3. The van der Waals surface area contributed by atoms with Gasteiger partial charge in [0.25, 0.3) is 0 Å². The summed E-state index contributed by atoms with van der Waals surface area (Å²) in [5.41, 5.74) is 6.11. The number of anilines is 1. The zero-order valence-electron chi connectivity index (χ0n) is 10.1. The summed E-state index contributed by atoms with van der Waals surface area (Å²) in [5, 5.41) is 10.1. The summed E-state index contributed by atoms with van der Waals surface area (Å²) in [4.78, 5) is 12.0. The van der Waals surface area contributed by atoms with Crippen LogP contribution in [0.1, 0.15) is 13.3 Å². The first-order valence-corrected chi connectivity index (χ1v) is 6.90. The zero-order valence-corrected chi connectivity index (χ0v) is 11.6. The van der Waals surface area contributed by atoms with Gasteiger partial charge in [-0.25, -0.2) is 0 Å². The molecular formula is C12H16ClNO3S. The predicted octanol–water partition coefficient (Wildman–Crippen LogP) is 2.33. The minimum absolute atomic E-state index is 0.00352. The van der Waals surface area contributed by atoms with Gasteiger partial charge in [0.2, 0.25) is 0 Å². The number of aliphatic hydroxyl groups is 1. The van der Waals surface area contributed by atoms with E-state index in [2.05, 4.69) is 0 Å². The van der Waals surface area contributed by atoms with Gasteiger partial charge >= 0.3 is 5.97 Å². The van der Waals surface area contributed by atoms with Crippen molar-refractivity contribution in [3.05, 3.63) is 23.2 Å². The van der Waals surface area contributed by atoms with Crippen molar-refractivity contribution < 1.29 is 14.6 Å². The fourth-order valence-corrected chi connectivity index (χ4v) is 2.37. The second-order valence-electron chi connectivity index (χ2n) is 3.66. The van der Waals surface area contributed by atoms with Crippen molar-refractivity contribution in [3.63, 3.8) is 0 Å². The van der Waals surface area contributed by atoms with Crippen LogP contribution in [-0.2, 0) is 9.53 Å². The van der Waals surface area contributed by atoms with Gasteiger partial charge in [-0.1, -0.05) is 11.6 Å². The summed E-state index contributed by atoms with van der Waals surface area (Å²) < 4.78 is 4.75. The van der Waals surface area contributed by atoms with Crippen LogP contribution >= 0.6 is 23.4 Å². The van der Waals surface area contributed by atoms with Gasteiger partial charge in [0, 0.05) is 10.6 Å². The van der Waals surface area contributed by atoms with Crippen LogP contribution in [0.25, 0.3) is 0 Å². The summed E-state index contributed by atoms with van der Waals surface area (Å²) in [5.74, 6) is 0.0138. The summed E-state index contributed by atoms with van der Waals surface area (Å²) >= 11 is 7.29. The lowest BCUT2D eigenvalue weighted by Crippen LogP contribution is -2.17. The molecule has 0 saturated heterocycles. The maximum absolute atomic E-state index is 11.1. The molecule has 0 aliphatic carbocycles. The van der Waals surface area contributed by atoms with E-state index < -0.39 is 6.10 Å². The minimum Gasteiger partial charge on any atom is -0.466 e. The summed E-state index contributed by atoms with van der Waals surface area (Å²) in [6.45, 7) is 2.06. The first kappa shape index (κ1) is 15.1. The molecule has 0 bridgehead atoms. The van der Waals surface area contributed by atoms with Crippen LogP contribution in [0.15, 0.2) is 23.1 Å². The number of ether oxygens (including phenoxy) is 1. The highest BCUT2D eigenvalue weighted by Crippen LogP contribution is 2.26. The predicted molar refractivity (Wildman–Crippen MR) is 73.8 cm³/mol. The van der Waals surface area contributed by atoms with Crippen molar-refractivity contribution in [1.29, 1.82) is 0 Å². The van der Waals surface area contributed by atoms with Gasteiger partial charge in [-0.2, -0.15) is 0 Å². The smallest absolute Gasteiger partial charge is 0.308 e. The monoisotopic (exact) mass is 289 g/mol. The Kier molecular flexibility index (Phi) is 6.32. The SMILES string of the molecule is CCOC(=O)CC(O)CSc1ccc(N)c(Cl)c1. The lowest BCUT2D eigenvalue weighted by molar-refractivity contribution is -0.144. The number of nitrogens with two attached hydrogens (primary N) is 1. The zero-order chi connectivity index (χ0) is 13.5. The Morgan fingerprint density at radius 1 is 1.61 bits per heavy atom. The van der Waals surface area contributed by atoms with Crippen LogP contribution in [0, 0.1) is 0 Å². The summed E-state index contributed by atoms with van der Waals surface area (Å²) in [6, 6.07) is 5.27. The average Bonchev–Trinajstić information content (AvgIpc) is 2.31. The molecule has 1 aromatic rings. The van der Waals surface area contributed by atoms with Crippen LogP contribution in [-0.4, -0.2) is 29.5 Å². The van der Waals surface area contributed by atoms with Gasteiger partial charge in [-0.15, -0.1) is 11.8 Å². The number of halogens is 1. The highest BCUT2D eigenvalue weighted by Gasteiger charge is 2.12. The van der Waals surface area contributed by atoms with Crippen molar-refractivity contribution in [2.24, 2.45) is 0 Å². The highest BCUT2D eigenvalue weighted by atomic mass is 35.5. The first-order valence-electron chi connectivity index (χ1n) is 5.54. The number of benzene rings is 1. The number of nitrogen functional groups attached to an aromatic ring is 1. The van der Waals surface area contributed by atoms with Crippen molar-refractivity contribution in [2.75, 3.05) is 18.1 Å². The fourth-order valence-electron chi connectivity index (χ4n) is 1.26. The van der Waals surface area contributed by atoms with Crippen molar-refractivity contribution in [3.8, 4) is 0 Å². The van der Waals surface area contributed by atoms with Crippen LogP contribution in [0.4, 0.5) is 5.69 Å². The third-order valence-electron chi connectivity index (χ3n) is 2.12. The Morgan fingerprint density at radius 3 is 2.94 bits per heavy atom. The third-order valence-corrected chi connectivity index (χ3v) is 3.59. The molecule has 6 heteroatoms. The van der Waals surface area contributed by atoms with Crippen molar-refractivity contribution in [1.82, 2.24) is 0 Å². The van der Waals surface area contributed by atoms with E-state index in [9.17, 15) is 9.90 Å². The Labute approximate surface area is 115 Å². The normalized spacial score (nSPS) is 12.2. The molecule has 0 aliphatic heterocycles.